The van der Waals surface area contributed by atoms with Gasteiger partial charge in [0.25, 0.3) is 0 Å². The minimum atomic E-state index is -3.87. The summed E-state index contributed by atoms with van der Waals surface area (Å²) in [7, 11) is -3.87. The van der Waals surface area contributed by atoms with Crippen molar-refractivity contribution in [1.82, 2.24) is 5.32 Å². The van der Waals surface area contributed by atoms with E-state index in [1.165, 1.54) is 6.42 Å². The third kappa shape index (κ3) is 9.10. The SMILES string of the molecule is Cl.O=P(O)(O)CC1CCCC(CCCNCc2ccc(Cl)c(Cl)c2)C1. The van der Waals surface area contributed by atoms with Crippen molar-refractivity contribution in [3.05, 3.63) is 33.8 Å². The summed E-state index contributed by atoms with van der Waals surface area (Å²) in [6.07, 6.45) is 6.44. The van der Waals surface area contributed by atoms with Gasteiger partial charge >= 0.3 is 7.60 Å². The molecule has 0 aliphatic heterocycles. The molecule has 0 aromatic heterocycles. The smallest absolute Gasteiger partial charge is 0.324 e. The molecule has 8 heteroatoms. The third-order valence-corrected chi connectivity index (χ3v) is 6.40. The van der Waals surface area contributed by atoms with Crippen molar-refractivity contribution in [2.24, 2.45) is 11.8 Å². The first kappa shape index (κ1) is 23.2. The Morgan fingerprint density at radius 1 is 1.16 bits per heavy atom. The average molecular weight is 431 g/mol. The average Bonchev–Trinajstić information content (AvgIpc) is 2.49. The van der Waals surface area contributed by atoms with Gasteiger partial charge in [-0.2, -0.15) is 0 Å². The summed E-state index contributed by atoms with van der Waals surface area (Å²) in [5, 5.41) is 4.56. The first-order valence-electron chi connectivity index (χ1n) is 8.52. The normalized spacial score (nSPS) is 21.0. The molecular weight excluding hydrogens is 404 g/mol. The summed E-state index contributed by atoms with van der Waals surface area (Å²) >= 11 is 11.9. The first-order valence-corrected chi connectivity index (χ1v) is 11.1. The van der Waals surface area contributed by atoms with Gasteiger partial charge in [-0.25, -0.2) is 0 Å². The molecule has 0 radical (unpaired) electrons. The van der Waals surface area contributed by atoms with Crippen molar-refractivity contribution < 1.29 is 14.4 Å². The van der Waals surface area contributed by atoms with E-state index in [2.05, 4.69) is 5.32 Å². The van der Waals surface area contributed by atoms with Gasteiger partial charge in [-0.05, 0) is 61.8 Å². The quantitative estimate of drug-likeness (QED) is 0.388. The van der Waals surface area contributed by atoms with Gasteiger partial charge in [0.05, 0.1) is 16.2 Å². The molecule has 1 aliphatic carbocycles. The van der Waals surface area contributed by atoms with Crippen LogP contribution in [0.25, 0.3) is 0 Å². The zero-order valence-corrected chi connectivity index (χ0v) is 17.4. The van der Waals surface area contributed by atoms with Gasteiger partial charge in [-0.1, -0.05) is 42.1 Å². The van der Waals surface area contributed by atoms with E-state index in [1.54, 1.807) is 0 Å². The van der Waals surface area contributed by atoms with Gasteiger partial charge < -0.3 is 15.1 Å². The van der Waals surface area contributed by atoms with Crippen LogP contribution in [0.3, 0.4) is 0 Å². The highest BCUT2D eigenvalue weighted by atomic mass is 35.5. The molecule has 0 bridgehead atoms. The van der Waals surface area contributed by atoms with Crippen LogP contribution >= 0.6 is 43.2 Å². The van der Waals surface area contributed by atoms with E-state index in [9.17, 15) is 4.57 Å². The molecule has 1 aliphatic rings. The number of hydrogen-bond acceptors (Lipinski definition) is 2. The molecule has 2 atom stereocenters. The largest absolute Gasteiger partial charge is 0.325 e. The molecule has 4 nitrogen and oxygen atoms in total. The van der Waals surface area contributed by atoms with Gasteiger partial charge in [0.15, 0.2) is 0 Å². The lowest BCUT2D eigenvalue weighted by Gasteiger charge is -2.29. The van der Waals surface area contributed by atoms with Crippen LogP contribution in [-0.2, 0) is 11.1 Å². The van der Waals surface area contributed by atoms with Crippen LogP contribution < -0.4 is 5.32 Å². The summed E-state index contributed by atoms with van der Waals surface area (Å²) in [6.45, 7) is 1.70. The molecule has 0 spiro atoms. The number of halogens is 3. The molecule has 2 unspecified atom stereocenters. The Morgan fingerprint density at radius 2 is 1.88 bits per heavy atom. The maximum absolute atomic E-state index is 11.2. The minimum absolute atomic E-state index is 0. The van der Waals surface area contributed by atoms with Crippen molar-refractivity contribution in [3.8, 4) is 0 Å². The molecule has 1 aromatic carbocycles. The Balaban J connectivity index is 0.00000312. The lowest BCUT2D eigenvalue weighted by atomic mass is 9.80. The van der Waals surface area contributed by atoms with E-state index in [-0.39, 0.29) is 24.5 Å². The molecule has 25 heavy (non-hydrogen) atoms. The Morgan fingerprint density at radius 3 is 2.56 bits per heavy atom. The van der Waals surface area contributed by atoms with E-state index >= 15 is 0 Å². The second kappa shape index (κ2) is 11.1. The second-order valence-corrected chi connectivity index (χ2v) is 9.32. The van der Waals surface area contributed by atoms with Crippen molar-refractivity contribution in [3.63, 3.8) is 0 Å². The highest BCUT2D eigenvalue weighted by molar-refractivity contribution is 7.51. The summed E-state index contributed by atoms with van der Waals surface area (Å²) in [5.74, 6) is 0.788. The van der Waals surface area contributed by atoms with Crippen molar-refractivity contribution >= 4 is 43.2 Å². The predicted molar refractivity (Wildman–Crippen MR) is 107 cm³/mol. The van der Waals surface area contributed by atoms with Crippen molar-refractivity contribution in [1.29, 1.82) is 0 Å². The fourth-order valence-corrected chi connectivity index (χ4v) is 4.89. The van der Waals surface area contributed by atoms with E-state index < -0.39 is 7.60 Å². The van der Waals surface area contributed by atoms with Gasteiger partial charge in [-0.3, -0.25) is 4.57 Å². The van der Waals surface area contributed by atoms with Crippen LogP contribution in [0.2, 0.25) is 10.0 Å². The predicted octanol–water partition coefficient (Wildman–Crippen LogP) is 5.27. The van der Waals surface area contributed by atoms with Gasteiger partial charge in [0.1, 0.15) is 0 Å². The molecule has 3 N–H and O–H groups in total. The van der Waals surface area contributed by atoms with Crippen LogP contribution in [0.1, 0.15) is 44.1 Å². The minimum Gasteiger partial charge on any atom is -0.324 e. The maximum atomic E-state index is 11.2. The summed E-state index contributed by atoms with van der Waals surface area (Å²) in [5.41, 5.74) is 1.11. The van der Waals surface area contributed by atoms with Crippen LogP contribution in [0, 0.1) is 11.8 Å². The molecule has 2 rings (SSSR count). The second-order valence-electron chi connectivity index (χ2n) is 6.81. The number of hydrogen-bond donors (Lipinski definition) is 3. The standard InChI is InChI=1S/C17H26Cl2NO3P.ClH/c18-16-7-6-14(10-17(16)19)11-20-8-2-5-13-3-1-4-15(9-13)12-24(21,22)23;/h6-7,10,13,15,20H,1-5,8-9,11-12H2,(H2,21,22,23);1H. The van der Waals surface area contributed by atoms with Crippen molar-refractivity contribution in [2.75, 3.05) is 12.7 Å². The van der Waals surface area contributed by atoms with Crippen LogP contribution in [0.5, 0.6) is 0 Å². The number of benzene rings is 1. The molecule has 0 saturated heterocycles. The lowest BCUT2D eigenvalue weighted by molar-refractivity contribution is 0.256. The van der Waals surface area contributed by atoms with Gasteiger partial charge in [0, 0.05) is 6.54 Å². The summed E-state index contributed by atoms with van der Waals surface area (Å²) in [4.78, 5) is 18.3. The fraction of sp³-hybridized carbons (Fsp3) is 0.647. The lowest BCUT2D eigenvalue weighted by Crippen LogP contribution is -2.20. The van der Waals surface area contributed by atoms with E-state index in [0.717, 1.165) is 50.8 Å². The maximum Gasteiger partial charge on any atom is 0.325 e. The molecule has 0 amide bonds. The topological polar surface area (TPSA) is 69.6 Å². The van der Waals surface area contributed by atoms with Gasteiger partial charge in [-0.15, -0.1) is 12.4 Å². The Hall–Kier alpha value is 0.200. The molecular formula is C17H27Cl3NO3P. The number of rotatable bonds is 8. The molecule has 1 fully saturated rings. The fourth-order valence-electron chi connectivity index (χ4n) is 3.56. The van der Waals surface area contributed by atoms with Crippen LogP contribution in [-0.4, -0.2) is 22.5 Å². The van der Waals surface area contributed by atoms with Crippen LogP contribution in [0.15, 0.2) is 18.2 Å². The van der Waals surface area contributed by atoms with Crippen LogP contribution in [0.4, 0.5) is 0 Å². The first-order chi connectivity index (χ1) is 11.3. The summed E-state index contributed by atoms with van der Waals surface area (Å²) in [6, 6.07) is 5.66. The Bertz CT molecular complexity index is 582. The Labute approximate surface area is 166 Å². The highest BCUT2D eigenvalue weighted by Gasteiger charge is 2.27. The molecule has 1 saturated carbocycles. The van der Waals surface area contributed by atoms with Crippen molar-refractivity contribution in [2.45, 2.75) is 45.1 Å². The van der Waals surface area contributed by atoms with E-state index in [4.69, 9.17) is 33.0 Å². The Kier molecular flexibility index (Phi) is 10.4. The third-order valence-electron chi connectivity index (χ3n) is 4.67. The monoisotopic (exact) mass is 429 g/mol. The van der Waals surface area contributed by atoms with E-state index in [1.807, 2.05) is 18.2 Å². The molecule has 0 heterocycles. The zero-order chi connectivity index (χ0) is 17.6. The summed E-state index contributed by atoms with van der Waals surface area (Å²) < 4.78 is 11.2. The van der Waals surface area contributed by atoms with E-state index in [0.29, 0.717) is 16.0 Å². The molecule has 144 valence electrons. The zero-order valence-electron chi connectivity index (χ0n) is 14.2. The highest BCUT2D eigenvalue weighted by Crippen LogP contribution is 2.43. The number of nitrogens with one attached hydrogen (secondary N) is 1. The van der Waals surface area contributed by atoms with Gasteiger partial charge in [0.2, 0.25) is 0 Å². The molecule has 1 aromatic rings.